The largest absolute Gasteiger partial charge is 0.459 e. The second-order valence-electron chi connectivity index (χ2n) is 8.06. The number of alkyl halides is 3. The van der Waals surface area contributed by atoms with Crippen LogP contribution in [0.25, 0.3) is 0 Å². The maximum absolute atomic E-state index is 14.2. The lowest BCUT2D eigenvalue weighted by Gasteiger charge is -2.28. The fourth-order valence-electron chi connectivity index (χ4n) is 3.60. The van der Waals surface area contributed by atoms with Gasteiger partial charge in [-0.1, -0.05) is 24.3 Å². The second kappa shape index (κ2) is 7.97. The van der Waals surface area contributed by atoms with Gasteiger partial charge in [-0.25, -0.2) is 8.42 Å². The van der Waals surface area contributed by atoms with E-state index in [-0.39, 0.29) is 4.90 Å². The number of halogens is 3. The van der Waals surface area contributed by atoms with E-state index in [2.05, 4.69) is 5.32 Å². The molecule has 164 valence electrons. The number of nitrogens with one attached hydrogen (secondary N) is 1. The summed E-state index contributed by atoms with van der Waals surface area (Å²) < 4.78 is 74.5. The molecule has 1 aliphatic heterocycles. The van der Waals surface area contributed by atoms with Crippen LogP contribution in [0.3, 0.4) is 0 Å². The fourth-order valence-corrected chi connectivity index (χ4v) is 6.65. The smallest absolute Gasteiger partial charge is 0.395 e. The van der Waals surface area contributed by atoms with Crippen molar-refractivity contribution in [3.05, 3.63) is 52.7 Å². The lowest BCUT2D eigenvalue weighted by Crippen LogP contribution is -2.48. The molecule has 2 aromatic rings. The van der Waals surface area contributed by atoms with Gasteiger partial charge in [0.1, 0.15) is 11.6 Å². The standard InChI is InChI=1S/C20H22F3NO4S2/c1-19(2,3)28-18(25)16-14(20(21,22)23)17(15(24-16)13-10-7-11-29-13)30(26,27)12-8-5-4-6-9-12/h4-11,14-17,24H,1-3H3/t14-,15-,16-,17+/m1/s1. The van der Waals surface area contributed by atoms with Gasteiger partial charge >= 0.3 is 12.1 Å². The Morgan fingerprint density at radius 3 is 2.20 bits per heavy atom. The minimum atomic E-state index is -4.95. The van der Waals surface area contributed by atoms with Crippen molar-refractivity contribution in [2.75, 3.05) is 0 Å². The molecule has 0 aliphatic carbocycles. The number of carbonyl (C=O) groups is 1. The molecule has 5 nitrogen and oxygen atoms in total. The number of rotatable bonds is 4. The van der Waals surface area contributed by atoms with Gasteiger partial charge in [0.25, 0.3) is 0 Å². The molecule has 0 saturated carbocycles. The number of ether oxygens (including phenoxy) is 1. The number of hydrogen-bond acceptors (Lipinski definition) is 6. The predicted molar refractivity (Wildman–Crippen MR) is 107 cm³/mol. The highest BCUT2D eigenvalue weighted by molar-refractivity contribution is 7.92. The summed E-state index contributed by atoms with van der Waals surface area (Å²) in [5, 5.41) is 2.36. The first-order valence-corrected chi connectivity index (χ1v) is 11.6. The monoisotopic (exact) mass is 461 g/mol. The molecule has 0 bridgehead atoms. The maximum Gasteiger partial charge on any atom is 0.395 e. The average molecular weight is 462 g/mol. The van der Waals surface area contributed by atoms with Gasteiger partial charge in [0.15, 0.2) is 9.84 Å². The molecule has 0 amide bonds. The second-order valence-corrected chi connectivity index (χ2v) is 11.1. The Morgan fingerprint density at radius 2 is 1.70 bits per heavy atom. The topological polar surface area (TPSA) is 72.5 Å². The zero-order valence-corrected chi connectivity index (χ0v) is 18.1. The quantitative estimate of drug-likeness (QED) is 0.694. The molecule has 2 heterocycles. The third-order valence-electron chi connectivity index (χ3n) is 4.72. The zero-order valence-electron chi connectivity index (χ0n) is 16.5. The molecule has 3 rings (SSSR count). The van der Waals surface area contributed by atoms with Crippen molar-refractivity contribution in [3.8, 4) is 0 Å². The number of benzene rings is 1. The molecule has 1 aromatic carbocycles. The fraction of sp³-hybridized carbons (Fsp3) is 0.450. The number of carbonyl (C=O) groups excluding carboxylic acids is 1. The highest BCUT2D eigenvalue weighted by Crippen LogP contribution is 2.47. The molecule has 1 aliphatic rings. The van der Waals surface area contributed by atoms with Gasteiger partial charge in [-0.05, 0) is 44.4 Å². The van der Waals surface area contributed by atoms with Crippen LogP contribution in [0.5, 0.6) is 0 Å². The molecular weight excluding hydrogens is 439 g/mol. The van der Waals surface area contributed by atoms with E-state index in [1.165, 1.54) is 45.0 Å². The van der Waals surface area contributed by atoms with Crippen molar-refractivity contribution in [1.82, 2.24) is 5.32 Å². The highest BCUT2D eigenvalue weighted by Gasteiger charge is 2.64. The normalized spacial score (nSPS) is 25.3. The first kappa shape index (κ1) is 22.8. The Morgan fingerprint density at radius 1 is 1.07 bits per heavy atom. The van der Waals surface area contributed by atoms with Gasteiger partial charge < -0.3 is 4.74 Å². The van der Waals surface area contributed by atoms with Crippen molar-refractivity contribution in [3.63, 3.8) is 0 Å². The Hall–Kier alpha value is -1.91. The van der Waals surface area contributed by atoms with Crippen LogP contribution in [0.15, 0.2) is 52.7 Å². The number of sulfone groups is 1. The Bertz CT molecular complexity index is 983. The summed E-state index contributed by atoms with van der Waals surface area (Å²) in [6, 6.07) is 7.11. The van der Waals surface area contributed by atoms with Gasteiger partial charge in [0.2, 0.25) is 0 Å². The minimum absolute atomic E-state index is 0.225. The summed E-state index contributed by atoms with van der Waals surface area (Å²) in [5.74, 6) is -3.60. The van der Waals surface area contributed by atoms with Crippen LogP contribution >= 0.6 is 11.3 Å². The molecular formula is C20H22F3NO4S2. The molecule has 1 fully saturated rings. The van der Waals surface area contributed by atoms with Crippen molar-refractivity contribution in [1.29, 1.82) is 0 Å². The van der Waals surface area contributed by atoms with E-state index < -0.39 is 50.8 Å². The van der Waals surface area contributed by atoms with Crippen LogP contribution in [0.1, 0.15) is 31.7 Å². The predicted octanol–water partition coefficient (Wildman–Crippen LogP) is 4.12. The summed E-state index contributed by atoms with van der Waals surface area (Å²) in [6.07, 6.45) is -4.95. The van der Waals surface area contributed by atoms with Crippen LogP contribution in [-0.2, 0) is 19.4 Å². The SMILES string of the molecule is CC(C)(C)OC(=O)[C@@H]1N[C@H](c2cccs2)[C@@H](S(=O)(=O)c2ccccc2)[C@@H]1C(F)(F)F. The van der Waals surface area contributed by atoms with Crippen molar-refractivity contribution in [2.24, 2.45) is 5.92 Å². The van der Waals surface area contributed by atoms with Gasteiger partial charge in [-0.2, -0.15) is 13.2 Å². The summed E-state index contributed by atoms with van der Waals surface area (Å²) in [7, 11) is -4.44. The minimum Gasteiger partial charge on any atom is -0.459 e. The van der Waals surface area contributed by atoms with Crippen LogP contribution in [-0.4, -0.2) is 37.5 Å². The highest BCUT2D eigenvalue weighted by atomic mass is 32.2. The molecule has 0 spiro atoms. The molecule has 1 aromatic heterocycles. The first-order chi connectivity index (χ1) is 13.8. The van der Waals surface area contributed by atoms with E-state index in [9.17, 15) is 26.4 Å². The third-order valence-corrected chi connectivity index (χ3v) is 7.89. The van der Waals surface area contributed by atoms with Crippen LogP contribution in [0.2, 0.25) is 0 Å². The zero-order chi connectivity index (χ0) is 22.3. The van der Waals surface area contributed by atoms with E-state index >= 15 is 0 Å². The summed E-state index contributed by atoms with van der Waals surface area (Å²) in [4.78, 5) is 12.8. The molecule has 0 unspecified atom stereocenters. The van der Waals surface area contributed by atoms with Gasteiger partial charge in [-0.15, -0.1) is 11.3 Å². The van der Waals surface area contributed by atoms with Crippen molar-refractivity contribution in [2.45, 2.75) is 54.8 Å². The molecule has 1 N–H and O–H groups in total. The van der Waals surface area contributed by atoms with Crippen LogP contribution in [0, 0.1) is 5.92 Å². The van der Waals surface area contributed by atoms with E-state index in [1.807, 2.05) is 0 Å². The third kappa shape index (κ3) is 4.55. The molecule has 0 radical (unpaired) electrons. The lowest BCUT2D eigenvalue weighted by atomic mass is 9.97. The molecule has 4 atom stereocenters. The van der Waals surface area contributed by atoms with E-state index in [0.29, 0.717) is 4.88 Å². The summed E-state index contributed by atoms with van der Waals surface area (Å²) >= 11 is 1.13. The van der Waals surface area contributed by atoms with Gasteiger partial charge in [0.05, 0.1) is 22.1 Å². The Kier molecular flexibility index (Phi) is 6.05. The maximum atomic E-state index is 14.2. The van der Waals surface area contributed by atoms with E-state index in [1.54, 1.807) is 23.6 Å². The number of thiophene rings is 1. The van der Waals surface area contributed by atoms with Crippen LogP contribution < -0.4 is 5.32 Å². The van der Waals surface area contributed by atoms with Crippen LogP contribution in [0.4, 0.5) is 13.2 Å². The molecule has 10 heteroatoms. The Labute approximate surface area is 177 Å². The van der Waals surface area contributed by atoms with E-state index in [0.717, 1.165) is 11.3 Å². The van der Waals surface area contributed by atoms with Gasteiger partial charge in [0, 0.05) is 4.88 Å². The average Bonchev–Trinajstić information content (AvgIpc) is 3.28. The van der Waals surface area contributed by atoms with Crippen molar-refractivity contribution < 1.29 is 31.1 Å². The molecule has 1 saturated heterocycles. The van der Waals surface area contributed by atoms with Crippen molar-refractivity contribution >= 4 is 27.1 Å². The Balaban J connectivity index is 2.15. The molecule has 30 heavy (non-hydrogen) atoms. The summed E-state index contributed by atoms with van der Waals surface area (Å²) in [5.41, 5.74) is -1.02. The number of esters is 1. The number of hydrogen-bond donors (Lipinski definition) is 1. The van der Waals surface area contributed by atoms with Gasteiger partial charge in [-0.3, -0.25) is 10.1 Å². The van der Waals surface area contributed by atoms with E-state index in [4.69, 9.17) is 4.74 Å². The summed E-state index contributed by atoms with van der Waals surface area (Å²) in [6.45, 7) is 4.62. The lowest BCUT2D eigenvalue weighted by molar-refractivity contribution is -0.189. The first-order valence-electron chi connectivity index (χ1n) is 9.20.